The SMILES string of the molecule is CC(C)(CO)c1ccc(Nc2cc(-c3ccc4c(c3)CC(=O)C4)cn3ccnc23)nc1. The van der Waals surface area contributed by atoms with Crippen molar-refractivity contribution >= 4 is 22.9 Å². The third kappa shape index (κ3) is 3.59. The zero-order chi connectivity index (χ0) is 21.6. The van der Waals surface area contributed by atoms with Crippen LogP contribution in [0.5, 0.6) is 0 Å². The lowest BCUT2D eigenvalue weighted by molar-refractivity contribution is -0.117. The number of rotatable bonds is 5. The molecule has 0 unspecified atom stereocenters. The first-order valence-electron chi connectivity index (χ1n) is 10.4. The number of aliphatic hydroxyl groups excluding tert-OH is 1. The van der Waals surface area contributed by atoms with E-state index >= 15 is 0 Å². The number of benzene rings is 1. The Morgan fingerprint density at radius 3 is 2.68 bits per heavy atom. The van der Waals surface area contributed by atoms with Gasteiger partial charge in [-0.1, -0.05) is 38.1 Å². The van der Waals surface area contributed by atoms with Crippen LogP contribution < -0.4 is 5.32 Å². The van der Waals surface area contributed by atoms with Crippen LogP contribution in [0.15, 0.2) is 61.2 Å². The number of imidazole rings is 1. The molecular formula is C25H24N4O2. The van der Waals surface area contributed by atoms with Crippen LogP contribution in [0.2, 0.25) is 0 Å². The minimum absolute atomic E-state index is 0.0601. The second-order valence-corrected chi connectivity index (χ2v) is 8.78. The van der Waals surface area contributed by atoms with Crippen LogP contribution in [-0.2, 0) is 23.1 Å². The van der Waals surface area contributed by atoms with Gasteiger partial charge in [-0.25, -0.2) is 9.97 Å². The summed E-state index contributed by atoms with van der Waals surface area (Å²) in [5.74, 6) is 0.984. The van der Waals surface area contributed by atoms with Crippen molar-refractivity contribution in [1.29, 1.82) is 0 Å². The van der Waals surface area contributed by atoms with Crippen LogP contribution in [0.4, 0.5) is 11.5 Å². The number of anilines is 2. The lowest BCUT2D eigenvalue weighted by Gasteiger charge is -2.21. The lowest BCUT2D eigenvalue weighted by atomic mass is 9.87. The molecule has 4 aromatic rings. The molecule has 1 aromatic carbocycles. The van der Waals surface area contributed by atoms with E-state index in [4.69, 9.17) is 0 Å². The molecule has 0 atom stereocenters. The second kappa shape index (κ2) is 7.32. The van der Waals surface area contributed by atoms with Gasteiger partial charge in [0.15, 0.2) is 5.65 Å². The van der Waals surface area contributed by atoms with Gasteiger partial charge < -0.3 is 14.8 Å². The number of ketones is 1. The smallest absolute Gasteiger partial charge is 0.160 e. The first-order chi connectivity index (χ1) is 14.9. The average molecular weight is 412 g/mol. The number of carbonyl (C=O) groups excluding carboxylic acids is 1. The maximum Gasteiger partial charge on any atom is 0.160 e. The fourth-order valence-corrected chi connectivity index (χ4v) is 4.01. The predicted molar refractivity (Wildman–Crippen MR) is 121 cm³/mol. The molecule has 6 nitrogen and oxygen atoms in total. The summed E-state index contributed by atoms with van der Waals surface area (Å²) < 4.78 is 1.99. The van der Waals surface area contributed by atoms with Crippen molar-refractivity contribution in [2.45, 2.75) is 32.1 Å². The Balaban J connectivity index is 1.51. The number of aliphatic hydroxyl groups is 1. The molecule has 0 radical (unpaired) electrons. The highest BCUT2D eigenvalue weighted by Gasteiger charge is 2.20. The van der Waals surface area contributed by atoms with Crippen LogP contribution in [0, 0.1) is 0 Å². The zero-order valence-electron chi connectivity index (χ0n) is 17.6. The Labute approximate surface area is 180 Å². The molecule has 1 aliphatic rings. The van der Waals surface area contributed by atoms with Crippen molar-refractivity contribution in [3.63, 3.8) is 0 Å². The Kier molecular flexibility index (Phi) is 4.59. The van der Waals surface area contributed by atoms with E-state index in [1.165, 1.54) is 0 Å². The van der Waals surface area contributed by atoms with Crippen LogP contribution >= 0.6 is 0 Å². The van der Waals surface area contributed by atoms with Gasteiger partial charge in [0.05, 0.1) is 12.3 Å². The van der Waals surface area contributed by atoms with Gasteiger partial charge in [0, 0.05) is 48.6 Å². The Hall–Kier alpha value is -3.51. The third-order valence-electron chi connectivity index (χ3n) is 6.01. The van der Waals surface area contributed by atoms with Gasteiger partial charge in [-0.3, -0.25) is 4.79 Å². The number of carbonyl (C=O) groups is 1. The minimum Gasteiger partial charge on any atom is -0.395 e. The Morgan fingerprint density at radius 1 is 1.06 bits per heavy atom. The van der Waals surface area contributed by atoms with Crippen molar-refractivity contribution in [3.05, 3.63) is 77.9 Å². The molecule has 2 N–H and O–H groups in total. The number of nitrogens with zero attached hydrogens (tertiary/aromatic N) is 3. The maximum atomic E-state index is 11.8. The largest absolute Gasteiger partial charge is 0.395 e. The molecule has 0 saturated carbocycles. The van der Waals surface area contributed by atoms with Crippen molar-refractivity contribution < 1.29 is 9.90 Å². The van der Waals surface area contributed by atoms with E-state index in [1.54, 1.807) is 12.4 Å². The Morgan fingerprint density at radius 2 is 1.90 bits per heavy atom. The average Bonchev–Trinajstić information content (AvgIpc) is 3.39. The van der Waals surface area contributed by atoms with Gasteiger partial charge >= 0.3 is 0 Å². The molecule has 0 saturated heterocycles. The van der Waals surface area contributed by atoms with Crippen LogP contribution in [0.1, 0.15) is 30.5 Å². The van der Waals surface area contributed by atoms with Gasteiger partial charge in [0.25, 0.3) is 0 Å². The van der Waals surface area contributed by atoms with Gasteiger partial charge in [0.2, 0.25) is 0 Å². The highest BCUT2D eigenvalue weighted by molar-refractivity contribution is 5.89. The van der Waals surface area contributed by atoms with Crippen LogP contribution in [0.25, 0.3) is 16.8 Å². The van der Waals surface area contributed by atoms with Crippen molar-refractivity contribution in [2.24, 2.45) is 0 Å². The normalized spacial score (nSPS) is 13.6. The highest BCUT2D eigenvalue weighted by Crippen LogP contribution is 2.31. The number of hydrogen-bond acceptors (Lipinski definition) is 5. The number of aromatic nitrogens is 3. The fraction of sp³-hybridized carbons (Fsp3) is 0.240. The van der Waals surface area contributed by atoms with E-state index < -0.39 is 0 Å². The molecule has 5 rings (SSSR count). The van der Waals surface area contributed by atoms with E-state index in [-0.39, 0.29) is 17.8 Å². The molecular weight excluding hydrogens is 388 g/mol. The Bertz CT molecular complexity index is 1290. The zero-order valence-corrected chi connectivity index (χ0v) is 17.6. The summed E-state index contributed by atoms with van der Waals surface area (Å²) in [6.45, 7) is 4.03. The van der Waals surface area contributed by atoms with Gasteiger partial charge in [-0.15, -0.1) is 0 Å². The van der Waals surface area contributed by atoms with Gasteiger partial charge in [0.1, 0.15) is 11.6 Å². The number of Topliss-reactive ketones (excluding diaryl/α,β-unsaturated/α-hetero) is 1. The van der Waals surface area contributed by atoms with Gasteiger partial charge in [-0.2, -0.15) is 0 Å². The van der Waals surface area contributed by atoms with Gasteiger partial charge in [-0.05, 0) is 34.4 Å². The first-order valence-corrected chi connectivity index (χ1v) is 10.4. The summed E-state index contributed by atoms with van der Waals surface area (Å²) in [7, 11) is 0. The standard InChI is InChI=1S/C25H24N4O2/c1-25(2,15-30)20-5-6-23(27-13-20)28-22-12-19(14-29-8-7-26-24(22)29)16-3-4-17-10-21(31)11-18(17)9-16/h3-9,12-14,30H,10-11,15H2,1-2H3,(H,27,28). The van der Waals surface area contributed by atoms with E-state index in [1.807, 2.05) is 42.8 Å². The maximum absolute atomic E-state index is 11.8. The topological polar surface area (TPSA) is 79.5 Å². The molecule has 6 heteroatoms. The number of nitrogens with one attached hydrogen (secondary N) is 1. The predicted octanol–water partition coefficient (Wildman–Crippen LogP) is 4.08. The molecule has 0 bridgehead atoms. The summed E-state index contributed by atoms with van der Waals surface area (Å²) in [5.41, 5.74) is 6.65. The molecule has 0 amide bonds. The number of pyridine rings is 2. The molecule has 1 aliphatic carbocycles. The van der Waals surface area contributed by atoms with Crippen LogP contribution in [-0.4, -0.2) is 31.9 Å². The molecule has 3 heterocycles. The molecule has 0 spiro atoms. The van der Waals surface area contributed by atoms with Crippen molar-refractivity contribution in [2.75, 3.05) is 11.9 Å². The molecule has 31 heavy (non-hydrogen) atoms. The molecule has 0 aliphatic heterocycles. The van der Waals surface area contributed by atoms with E-state index in [9.17, 15) is 9.90 Å². The van der Waals surface area contributed by atoms with Crippen LogP contribution in [0.3, 0.4) is 0 Å². The lowest BCUT2D eigenvalue weighted by Crippen LogP contribution is -2.22. The second-order valence-electron chi connectivity index (χ2n) is 8.78. The third-order valence-corrected chi connectivity index (χ3v) is 6.01. The number of fused-ring (bicyclic) bond motifs is 2. The summed E-state index contributed by atoms with van der Waals surface area (Å²) >= 11 is 0. The summed E-state index contributed by atoms with van der Waals surface area (Å²) in [4.78, 5) is 20.8. The van der Waals surface area contributed by atoms with E-state index in [2.05, 4.69) is 39.6 Å². The quantitative estimate of drug-likeness (QED) is 0.516. The molecule has 0 fully saturated rings. The monoisotopic (exact) mass is 412 g/mol. The summed E-state index contributed by atoms with van der Waals surface area (Å²) in [6, 6.07) is 12.2. The number of hydrogen-bond donors (Lipinski definition) is 2. The first kappa shape index (κ1) is 19.5. The minimum atomic E-state index is -0.337. The van der Waals surface area contributed by atoms with E-state index in [0.29, 0.717) is 18.7 Å². The molecule has 156 valence electrons. The van der Waals surface area contributed by atoms with Crippen molar-refractivity contribution in [1.82, 2.24) is 14.4 Å². The fourth-order valence-electron chi connectivity index (χ4n) is 4.01. The summed E-state index contributed by atoms with van der Waals surface area (Å²) in [5, 5.41) is 13.0. The molecule has 3 aromatic heterocycles. The van der Waals surface area contributed by atoms with E-state index in [0.717, 1.165) is 39.2 Å². The summed E-state index contributed by atoms with van der Waals surface area (Å²) in [6.07, 6.45) is 8.59. The van der Waals surface area contributed by atoms with Crippen molar-refractivity contribution in [3.8, 4) is 11.1 Å². The highest BCUT2D eigenvalue weighted by atomic mass is 16.3.